The molecule has 1 aliphatic rings. The number of allylic oxidation sites excluding steroid dienone is 1. The first kappa shape index (κ1) is 13.8. The largest absolute Gasteiger partial charge is 0.440 e. The normalized spacial score (nSPS) is 15.5. The van der Waals surface area contributed by atoms with Gasteiger partial charge in [-0.15, -0.1) is 0 Å². The van der Waals surface area contributed by atoms with E-state index in [0.717, 1.165) is 0 Å². The first-order chi connectivity index (χ1) is 7.90. The molecule has 0 aliphatic carbocycles. The Balaban J connectivity index is 2.47. The summed E-state index contributed by atoms with van der Waals surface area (Å²) in [4.78, 5) is 15.0. The Labute approximate surface area is 113 Å². The van der Waals surface area contributed by atoms with Gasteiger partial charge in [0.15, 0.2) is 12.4 Å². The van der Waals surface area contributed by atoms with Crippen molar-refractivity contribution in [2.75, 3.05) is 13.7 Å². The van der Waals surface area contributed by atoms with Crippen LogP contribution in [-0.2, 0) is 14.2 Å². The molecular formula is C10H13IN2O4. The van der Waals surface area contributed by atoms with E-state index < -0.39 is 6.09 Å². The van der Waals surface area contributed by atoms with E-state index in [1.54, 1.807) is 24.0 Å². The van der Waals surface area contributed by atoms with E-state index in [1.807, 2.05) is 22.9 Å². The lowest BCUT2D eigenvalue weighted by Gasteiger charge is -2.07. The van der Waals surface area contributed by atoms with Crippen molar-refractivity contribution < 1.29 is 19.0 Å². The molecule has 0 atom stereocenters. The number of amidine groups is 1. The number of halogens is 1. The molecule has 1 heterocycles. The monoisotopic (exact) mass is 352 g/mol. The van der Waals surface area contributed by atoms with Crippen LogP contribution in [0.1, 0.15) is 13.8 Å². The second kappa shape index (κ2) is 5.89. The maximum Gasteiger partial charge on any atom is 0.435 e. The highest BCUT2D eigenvalue weighted by Crippen LogP contribution is 2.23. The van der Waals surface area contributed by atoms with E-state index in [2.05, 4.69) is 11.6 Å². The number of aliphatic imine (C=N–C) groups is 1. The lowest BCUT2D eigenvalue weighted by molar-refractivity contribution is 0.134. The molecular weight excluding hydrogens is 339 g/mol. The van der Waals surface area contributed by atoms with Crippen molar-refractivity contribution in [1.29, 1.82) is 0 Å². The third kappa shape index (κ3) is 4.25. The highest BCUT2D eigenvalue weighted by molar-refractivity contribution is 14.1. The van der Waals surface area contributed by atoms with Crippen LogP contribution in [0.5, 0.6) is 0 Å². The Morgan fingerprint density at radius 1 is 1.59 bits per heavy atom. The van der Waals surface area contributed by atoms with Gasteiger partial charge < -0.3 is 17.3 Å². The van der Waals surface area contributed by atoms with E-state index in [4.69, 9.17) is 14.2 Å². The Bertz CT molecular complexity index is 401. The van der Waals surface area contributed by atoms with Crippen LogP contribution in [0.25, 0.3) is 0 Å². The van der Waals surface area contributed by atoms with Gasteiger partial charge in [-0.2, -0.15) is 4.99 Å². The number of amides is 1. The van der Waals surface area contributed by atoms with Crippen LogP contribution < -0.4 is 0 Å². The molecule has 0 bridgehead atoms. The molecule has 0 N–H and O–H groups in total. The standard InChI is InChI=1S/C10H13IN2O4/c1-6-9(17-8(3)16-6)5-15-10(14)12-7(2)13(4)11/h3,5H2,1-2,4H3. The number of nitrogens with zero attached hydrogens (tertiary/aromatic N) is 2. The first-order valence-electron chi connectivity index (χ1n) is 4.76. The lowest BCUT2D eigenvalue weighted by Crippen LogP contribution is -2.15. The van der Waals surface area contributed by atoms with Crippen LogP contribution in [0, 0.1) is 0 Å². The van der Waals surface area contributed by atoms with Gasteiger partial charge in [0.05, 0.1) is 22.9 Å². The molecule has 0 spiro atoms. The fourth-order valence-corrected chi connectivity index (χ4v) is 1.06. The number of ether oxygens (including phenoxy) is 3. The highest BCUT2D eigenvalue weighted by atomic mass is 127. The zero-order chi connectivity index (χ0) is 13.0. The predicted molar refractivity (Wildman–Crippen MR) is 70.3 cm³/mol. The average molecular weight is 352 g/mol. The summed E-state index contributed by atoms with van der Waals surface area (Å²) in [5.74, 6) is 1.70. The van der Waals surface area contributed by atoms with Gasteiger partial charge in [-0.1, -0.05) is 0 Å². The minimum atomic E-state index is -0.674. The van der Waals surface area contributed by atoms with Gasteiger partial charge in [-0.3, -0.25) is 0 Å². The maximum atomic E-state index is 11.3. The lowest BCUT2D eigenvalue weighted by atomic mass is 10.4. The quantitative estimate of drug-likeness (QED) is 0.331. The van der Waals surface area contributed by atoms with E-state index >= 15 is 0 Å². The molecule has 1 aliphatic heterocycles. The van der Waals surface area contributed by atoms with E-state index in [-0.39, 0.29) is 12.6 Å². The number of hydrogen-bond acceptors (Lipinski definition) is 4. The molecule has 94 valence electrons. The number of rotatable bonds is 2. The van der Waals surface area contributed by atoms with E-state index in [9.17, 15) is 4.79 Å². The summed E-state index contributed by atoms with van der Waals surface area (Å²) in [5.41, 5.74) is 0. The summed E-state index contributed by atoms with van der Waals surface area (Å²) in [6, 6.07) is 0. The minimum Gasteiger partial charge on any atom is -0.440 e. The van der Waals surface area contributed by atoms with Crippen LogP contribution in [0.3, 0.4) is 0 Å². The molecule has 0 aromatic rings. The van der Waals surface area contributed by atoms with Gasteiger partial charge in [0, 0.05) is 7.05 Å². The fraction of sp³-hybridized carbons (Fsp3) is 0.400. The molecule has 0 radical (unpaired) electrons. The Hall–Kier alpha value is -1.25. The SMILES string of the molecule is C=C1OC(C)=C(COC(=O)N=C(C)N(C)I)O1. The minimum absolute atomic E-state index is 0.0224. The van der Waals surface area contributed by atoms with Crippen molar-refractivity contribution in [3.8, 4) is 0 Å². The van der Waals surface area contributed by atoms with Crippen molar-refractivity contribution in [3.63, 3.8) is 0 Å². The Morgan fingerprint density at radius 3 is 2.71 bits per heavy atom. The maximum absolute atomic E-state index is 11.3. The molecule has 6 nitrogen and oxygen atoms in total. The third-order valence-electron chi connectivity index (χ3n) is 1.92. The highest BCUT2D eigenvalue weighted by Gasteiger charge is 2.19. The fourth-order valence-electron chi connectivity index (χ4n) is 0.949. The molecule has 0 fully saturated rings. The number of carbonyl (C=O) groups excluding carboxylic acids is 1. The van der Waals surface area contributed by atoms with Crippen LogP contribution in [0.4, 0.5) is 4.79 Å². The summed E-state index contributed by atoms with van der Waals surface area (Å²) in [7, 11) is 1.78. The molecule has 17 heavy (non-hydrogen) atoms. The van der Waals surface area contributed by atoms with E-state index in [0.29, 0.717) is 17.4 Å². The average Bonchev–Trinajstić information content (AvgIpc) is 2.54. The van der Waals surface area contributed by atoms with Gasteiger partial charge in [0.1, 0.15) is 11.6 Å². The summed E-state index contributed by atoms with van der Waals surface area (Å²) in [6.07, 6.45) is -0.674. The van der Waals surface area contributed by atoms with Gasteiger partial charge in [-0.25, -0.2) is 4.79 Å². The Kier molecular flexibility index (Phi) is 4.79. The van der Waals surface area contributed by atoms with Crippen molar-refractivity contribution in [1.82, 2.24) is 3.11 Å². The van der Waals surface area contributed by atoms with Crippen LogP contribution in [0.15, 0.2) is 29.0 Å². The Morgan fingerprint density at radius 2 is 2.24 bits per heavy atom. The third-order valence-corrected chi connectivity index (χ3v) is 2.62. The van der Waals surface area contributed by atoms with Crippen molar-refractivity contribution in [2.45, 2.75) is 13.8 Å². The zero-order valence-electron chi connectivity index (χ0n) is 9.82. The van der Waals surface area contributed by atoms with Gasteiger partial charge in [-0.05, 0) is 20.4 Å². The second-order valence-corrected chi connectivity index (χ2v) is 4.69. The summed E-state index contributed by atoms with van der Waals surface area (Å²) in [6.45, 7) is 6.88. The summed E-state index contributed by atoms with van der Waals surface area (Å²) < 4.78 is 16.7. The van der Waals surface area contributed by atoms with Crippen molar-refractivity contribution >= 4 is 34.8 Å². The van der Waals surface area contributed by atoms with Crippen molar-refractivity contribution in [2.24, 2.45) is 4.99 Å². The number of carbonyl (C=O) groups is 1. The second-order valence-electron chi connectivity index (χ2n) is 3.25. The van der Waals surface area contributed by atoms with Crippen LogP contribution >= 0.6 is 22.9 Å². The smallest absolute Gasteiger partial charge is 0.435 e. The molecule has 0 unspecified atom stereocenters. The zero-order valence-corrected chi connectivity index (χ0v) is 12.0. The molecule has 0 aromatic heterocycles. The number of hydrogen-bond donors (Lipinski definition) is 0. The van der Waals surface area contributed by atoms with Gasteiger partial charge in [0.2, 0.25) is 0 Å². The topological polar surface area (TPSA) is 60.4 Å². The van der Waals surface area contributed by atoms with Gasteiger partial charge >= 0.3 is 6.09 Å². The molecule has 1 rings (SSSR count). The van der Waals surface area contributed by atoms with Crippen LogP contribution in [-0.4, -0.2) is 28.7 Å². The van der Waals surface area contributed by atoms with E-state index in [1.165, 1.54) is 0 Å². The van der Waals surface area contributed by atoms with Crippen LogP contribution in [0.2, 0.25) is 0 Å². The molecule has 0 saturated carbocycles. The first-order valence-corrected chi connectivity index (χ1v) is 5.72. The predicted octanol–water partition coefficient (Wildman–Crippen LogP) is 2.57. The van der Waals surface area contributed by atoms with Crippen molar-refractivity contribution in [3.05, 3.63) is 24.0 Å². The summed E-state index contributed by atoms with van der Waals surface area (Å²) in [5, 5.41) is 0. The molecule has 0 aromatic carbocycles. The van der Waals surface area contributed by atoms with Gasteiger partial charge in [0.25, 0.3) is 5.95 Å². The molecule has 0 saturated heterocycles. The molecule has 1 amide bonds. The summed E-state index contributed by atoms with van der Waals surface area (Å²) >= 11 is 2.00. The molecule has 7 heteroatoms.